The van der Waals surface area contributed by atoms with Crippen molar-refractivity contribution in [3.8, 4) is 0 Å². The maximum absolute atomic E-state index is 12.5. The van der Waals surface area contributed by atoms with Crippen molar-refractivity contribution in [2.24, 2.45) is 5.41 Å². The number of hydrogen-bond acceptors (Lipinski definition) is 3. The molecule has 0 unspecified atom stereocenters. The van der Waals surface area contributed by atoms with Gasteiger partial charge in [-0.1, -0.05) is 41.9 Å². The molecule has 1 aliphatic carbocycles. The van der Waals surface area contributed by atoms with E-state index in [1.807, 2.05) is 30.3 Å². The second-order valence-electron chi connectivity index (χ2n) is 6.63. The van der Waals surface area contributed by atoms with E-state index in [-0.39, 0.29) is 17.9 Å². The number of carbonyl (C=O) groups excluding carboxylic acids is 1. The van der Waals surface area contributed by atoms with Crippen molar-refractivity contribution >= 4 is 17.5 Å². The topological polar surface area (TPSA) is 58.6 Å². The Kier molecular flexibility index (Phi) is 3.64. The molecule has 1 saturated carbocycles. The summed E-state index contributed by atoms with van der Waals surface area (Å²) in [6.07, 6.45) is 1.88. The lowest BCUT2D eigenvalue weighted by Crippen LogP contribution is -2.44. The van der Waals surface area contributed by atoms with E-state index in [2.05, 4.69) is 5.32 Å². The summed E-state index contributed by atoms with van der Waals surface area (Å²) in [7, 11) is 0. The standard InChI is InChI=1S/C19H18ClNO3/c20-14-7-5-13(6-8-14)19(24-12-18(11-22)9-10-18)16-4-2-1-3-15(16)17(23)21-19/h1-8,22H,9-12H2,(H,21,23)/t19-/m1/s1. The Balaban J connectivity index is 1.79. The van der Waals surface area contributed by atoms with Gasteiger partial charge < -0.3 is 15.2 Å². The SMILES string of the molecule is O=C1N[C@@](OCC2(CO)CC2)(c2ccc(Cl)cc2)c2ccccc21. The van der Waals surface area contributed by atoms with E-state index in [9.17, 15) is 9.90 Å². The fraction of sp³-hybridized carbons (Fsp3) is 0.316. The van der Waals surface area contributed by atoms with Gasteiger partial charge in [0, 0.05) is 27.1 Å². The molecule has 1 heterocycles. The Morgan fingerprint density at radius 3 is 2.50 bits per heavy atom. The Morgan fingerprint density at radius 1 is 1.12 bits per heavy atom. The molecule has 2 aliphatic rings. The summed E-state index contributed by atoms with van der Waals surface area (Å²) in [5, 5.41) is 13.2. The third-order valence-electron chi connectivity index (χ3n) is 4.98. The number of aliphatic hydroxyl groups excluding tert-OH is 1. The number of hydrogen-bond donors (Lipinski definition) is 2. The molecule has 2 aromatic rings. The van der Waals surface area contributed by atoms with Gasteiger partial charge in [0.2, 0.25) is 0 Å². The van der Waals surface area contributed by atoms with Crippen LogP contribution in [0.2, 0.25) is 5.02 Å². The number of nitrogens with one attached hydrogen (secondary N) is 1. The minimum Gasteiger partial charge on any atom is -0.396 e. The van der Waals surface area contributed by atoms with Crippen LogP contribution in [0.1, 0.15) is 34.3 Å². The number of carbonyl (C=O) groups is 1. The number of amides is 1. The lowest BCUT2D eigenvalue weighted by atomic mass is 9.94. The smallest absolute Gasteiger partial charge is 0.254 e. The van der Waals surface area contributed by atoms with Gasteiger partial charge in [-0.3, -0.25) is 4.79 Å². The molecule has 0 aromatic heterocycles. The largest absolute Gasteiger partial charge is 0.396 e. The molecular formula is C19H18ClNO3. The van der Waals surface area contributed by atoms with Crippen LogP contribution in [0.5, 0.6) is 0 Å². The van der Waals surface area contributed by atoms with Crippen LogP contribution in [0.25, 0.3) is 0 Å². The first-order chi connectivity index (χ1) is 11.6. The molecule has 0 spiro atoms. The van der Waals surface area contributed by atoms with Crippen molar-refractivity contribution in [3.63, 3.8) is 0 Å². The molecule has 24 heavy (non-hydrogen) atoms. The second-order valence-corrected chi connectivity index (χ2v) is 7.07. The van der Waals surface area contributed by atoms with Gasteiger partial charge in [0.05, 0.1) is 13.2 Å². The first-order valence-electron chi connectivity index (χ1n) is 8.02. The molecule has 124 valence electrons. The van der Waals surface area contributed by atoms with Crippen LogP contribution in [0.15, 0.2) is 48.5 Å². The molecule has 5 heteroatoms. The van der Waals surface area contributed by atoms with Gasteiger partial charge in [0.1, 0.15) is 0 Å². The van der Waals surface area contributed by atoms with Gasteiger partial charge in [0.15, 0.2) is 5.72 Å². The van der Waals surface area contributed by atoms with Crippen LogP contribution in [0, 0.1) is 5.41 Å². The monoisotopic (exact) mass is 343 g/mol. The van der Waals surface area contributed by atoms with E-state index < -0.39 is 5.72 Å². The summed E-state index contributed by atoms with van der Waals surface area (Å²) in [4.78, 5) is 12.5. The van der Waals surface area contributed by atoms with Crippen molar-refractivity contribution in [3.05, 3.63) is 70.2 Å². The number of halogens is 1. The number of fused-ring (bicyclic) bond motifs is 1. The first kappa shape index (κ1) is 15.6. The van der Waals surface area contributed by atoms with Crippen molar-refractivity contribution in [1.82, 2.24) is 5.32 Å². The molecule has 2 aromatic carbocycles. The van der Waals surface area contributed by atoms with Crippen LogP contribution < -0.4 is 5.32 Å². The van der Waals surface area contributed by atoms with Gasteiger partial charge in [-0.25, -0.2) is 0 Å². The van der Waals surface area contributed by atoms with Crippen LogP contribution in [0.4, 0.5) is 0 Å². The zero-order valence-corrected chi connectivity index (χ0v) is 13.8. The lowest BCUT2D eigenvalue weighted by Gasteiger charge is -2.32. The minimum atomic E-state index is -1.04. The summed E-state index contributed by atoms with van der Waals surface area (Å²) in [5.41, 5.74) is 1.01. The molecule has 1 atom stereocenters. The molecule has 0 radical (unpaired) electrons. The highest BCUT2D eigenvalue weighted by Gasteiger charge is 2.49. The molecule has 0 saturated heterocycles. The lowest BCUT2D eigenvalue weighted by molar-refractivity contribution is -0.0615. The highest BCUT2D eigenvalue weighted by molar-refractivity contribution is 6.30. The number of benzene rings is 2. The molecule has 4 nitrogen and oxygen atoms in total. The molecule has 4 rings (SSSR count). The minimum absolute atomic E-state index is 0.0965. The molecule has 1 fully saturated rings. The number of aliphatic hydroxyl groups is 1. The number of rotatable bonds is 5. The Morgan fingerprint density at radius 2 is 1.83 bits per heavy atom. The van der Waals surface area contributed by atoms with E-state index in [0.717, 1.165) is 24.0 Å². The fourth-order valence-electron chi connectivity index (χ4n) is 3.18. The quantitative estimate of drug-likeness (QED) is 0.877. The fourth-order valence-corrected chi connectivity index (χ4v) is 3.30. The van der Waals surface area contributed by atoms with Gasteiger partial charge in [-0.05, 0) is 31.0 Å². The third kappa shape index (κ3) is 2.42. The van der Waals surface area contributed by atoms with Gasteiger partial charge >= 0.3 is 0 Å². The molecule has 0 bridgehead atoms. The maximum Gasteiger partial charge on any atom is 0.254 e. The second kappa shape index (κ2) is 5.59. The summed E-state index contributed by atoms with van der Waals surface area (Å²) < 4.78 is 6.30. The highest BCUT2D eigenvalue weighted by atomic mass is 35.5. The van der Waals surface area contributed by atoms with E-state index >= 15 is 0 Å². The average molecular weight is 344 g/mol. The molecule has 1 aliphatic heterocycles. The summed E-state index contributed by atoms with van der Waals surface area (Å²) in [5.74, 6) is -0.158. The van der Waals surface area contributed by atoms with Crippen LogP contribution in [0.3, 0.4) is 0 Å². The van der Waals surface area contributed by atoms with E-state index in [1.54, 1.807) is 18.2 Å². The van der Waals surface area contributed by atoms with Crippen molar-refractivity contribution < 1.29 is 14.6 Å². The van der Waals surface area contributed by atoms with E-state index in [4.69, 9.17) is 16.3 Å². The zero-order chi connectivity index (χ0) is 16.8. The Labute approximate surface area is 145 Å². The van der Waals surface area contributed by atoms with Crippen LogP contribution in [-0.4, -0.2) is 24.2 Å². The normalized spacial score (nSPS) is 23.7. The third-order valence-corrected chi connectivity index (χ3v) is 5.23. The molecular weight excluding hydrogens is 326 g/mol. The van der Waals surface area contributed by atoms with Crippen molar-refractivity contribution in [2.75, 3.05) is 13.2 Å². The average Bonchev–Trinajstić information content (AvgIpc) is 3.34. The highest BCUT2D eigenvalue weighted by Crippen LogP contribution is 2.48. The van der Waals surface area contributed by atoms with Gasteiger partial charge in [0.25, 0.3) is 5.91 Å². The Bertz CT molecular complexity index is 785. The van der Waals surface area contributed by atoms with Crippen LogP contribution in [-0.2, 0) is 10.5 Å². The predicted octanol–water partition coefficient (Wildman–Crippen LogP) is 3.07. The summed E-state index contributed by atoms with van der Waals surface area (Å²) in [6.45, 7) is 0.486. The van der Waals surface area contributed by atoms with E-state index in [1.165, 1.54) is 0 Å². The zero-order valence-electron chi connectivity index (χ0n) is 13.1. The Hall–Kier alpha value is -1.88. The van der Waals surface area contributed by atoms with Gasteiger partial charge in [-0.2, -0.15) is 0 Å². The maximum atomic E-state index is 12.5. The van der Waals surface area contributed by atoms with Crippen LogP contribution >= 0.6 is 11.6 Å². The van der Waals surface area contributed by atoms with Crippen molar-refractivity contribution in [1.29, 1.82) is 0 Å². The van der Waals surface area contributed by atoms with E-state index in [0.29, 0.717) is 17.2 Å². The number of ether oxygens (including phenoxy) is 1. The summed E-state index contributed by atoms with van der Waals surface area (Å²) >= 11 is 6.01. The first-order valence-corrected chi connectivity index (χ1v) is 8.39. The van der Waals surface area contributed by atoms with Crippen molar-refractivity contribution in [2.45, 2.75) is 18.6 Å². The van der Waals surface area contributed by atoms with Gasteiger partial charge in [-0.15, -0.1) is 0 Å². The molecule has 2 N–H and O–H groups in total. The summed E-state index contributed by atoms with van der Waals surface area (Å²) in [6, 6.07) is 14.7. The predicted molar refractivity (Wildman–Crippen MR) is 90.8 cm³/mol. The molecule has 1 amide bonds.